The van der Waals surface area contributed by atoms with E-state index in [-0.39, 0.29) is 12.7 Å². The van der Waals surface area contributed by atoms with Gasteiger partial charge in [-0.25, -0.2) is 0 Å². The van der Waals surface area contributed by atoms with Crippen molar-refractivity contribution in [3.05, 3.63) is 71.8 Å². The molecule has 0 spiro atoms. The normalized spacial score (nSPS) is 14.6. The first-order valence-corrected chi connectivity index (χ1v) is 6.43. The van der Waals surface area contributed by atoms with Gasteiger partial charge in [0, 0.05) is 0 Å². The van der Waals surface area contributed by atoms with Crippen LogP contribution in [0.1, 0.15) is 18.1 Å². The number of hydrogen-bond donors (Lipinski definition) is 0. The zero-order valence-electron chi connectivity index (χ0n) is 11.2. The molecule has 20 heavy (non-hydrogen) atoms. The van der Waals surface area contributed by atoms with E-state index in [9.17, 15) is 13.6 Å². The van der Waals surface area contributed by atoms with Gasteiger partial charge >= 0.3 is 5.92 Å². The van der Waals surface area contributed by atoms with Crippen molar-refractivity contribution in [2.75, 3.05) is 0 Å². The number of benzene rings is 2. The summed E-state index contributed by atoms with van der Waals surface area (Å²) in [5.41, 5.74) is -0.321. The third kappa shape index (κ3) is 2.62. The zero-order chi connectivity index (χ0) is 14.6. The maximum Gasteiger partial charge on any atom is 0.311 e. The second-order valence-electron chi connectivity index (χ2n) is 5.10. The van der Waals surface area contributed by atoms with Crippen LogP contribution < -0.4 is 0 Å². The minimum Gasteiger partial charge on any atom is -0.297 e. The number of carbonyl (C=O) groups is 1. The molecule has 0 fully saturated rings. The third-order valence-electron chi connectivity index (χ3n) is 3.70. The van der Waals surface area contributed by atoms with Crippen molar-refractivity contribution in [1.82, 2.24) is 0 Å². The van der Waals surface area contributed by atoms with Gasteiger partial charge < -0.3 is 0 Å². The molecule has 0 aliphatic heterocycles. The first-order chi connectivity index (χ1) is 9.49. The van der Waals surface area contributed by atoms with Gasteiger partial charge in [-0.15, -0.1) is 0 Å². The van der Waals surface area contributed by atoms with Crippen LogP contribution >= 0.6 is 0 Å². The quantitative estimate of drug-likeness (QED) is 0.753. The molecule has 2 rings (SSSR count). The molecule has 0 radical (unpaired) electrons. The Morgan fingerprint density at radius 2 is 1.45 bits per heavy atom. The summed E-state index contributed by atoms with van der Waals surface area (Å²) in [5.74, 6) is -3.43. The van der Waals surface area contributed by atoms with Crippen LogP contribution in [0.25, 0.3) is 0 Å². The number of alkyl halides is 2. The van der Waals surface area contributed by atoms with E-state index in [0.29, 0.717) is 5.56 Å². The molecule has 0 bridgehead atoms. The Hall–Kier alpha value is -2.03. The van der Waals surface area contributed by atoms with Gasteiger partial charge in [0.1, 0.15) is 0 Å². The summed E-state index contributed by atoms with van der Waals surface area (Å²) in [7, 11) is 0. The Bertz CT molecular complexity index is 566. The lowest BCUT2D eigenvalue weighted by atomic mass is 9.72. The lowest BCUT2D eigenvalue weighted by Gasteiger charge is -2.35. The fourth-order valence-corrected chi connectivity index (χ4v) is 2.35. The average Bonchev–Trinajstić information content (AvgIpc) is 2.49. The molecule has 0 saturated carbocycles. The van der Waals surface area contributed by atoms with E-state index >= 15 is 0 Å². The van der Waals surface area contributed by atoms with E-state index < -0.39 is 11.3 Å². The molecule has 1 unspecified atom stereocenters. The summed E-state index contributed by atoms with van der Waals surface area (Å²) < 4.78 is 28.4. The second-order valence-corrected chi connectivity index (χ2v) is 5.10. The van der Waals surface area contributed by atoms with Crippen LogP contribution in [-0.2, 0) is 16.6 Å². The number of halogens is 2. The highest BCUT2D eigenvalue weighted by Crippen LogP contribution is 2.41. The molecule has 2 aromatic carbocycles. The molecule has 3 heteroatoms. The molecule has 1 nitrogen and oxygen atoms in total. The molecule has 0 amide bonds. The average molecular weight is 274 g/mol. The first kappa shape index (κ1) is 14.4. The Balaban J connectivity index is 2.48. The summed E-state index contributed by atoms with van der Waals surface area (Å²) in [5, 5.41) is 0. The first-order valence-electron chi connectivity index (χ1n) is 6.43. The molecule has 0 aliphatic carbocycles. The Labute approximate surface area is 117 Å². The SMILES string of the molecule is CC(Cc1ccccc1)(c1ccccc1)C(F)(F)C=O. The van der Waals surface area contributed by atoms with Crippen LogP contribution in [0.5, 0.6) is 0 Å². The van der Waals surface area contributed by atoms with Crippen molar-refractivity contribution >= 4 is 6.29 Å². The van der Waals surface area contributed by atoms with Gasteiger partial charge in [-0.05, 0) is 24.5 Å². The van der Waals surface area contributed by atoms with E-state index in [0.717, 1.165) is 5.56 Å². The van der Waals surface area contributed by atoms with Crippen molar-refractivity contribution in [1.29, 1.82) is 0 Å². The maximum atomic E-state index is 14.2. The minimum absolute atomic E-state index is 0.101. The fourth-order valence-electron chi connectivity index (χ4n) is 2.35. The van der Waals surface area contributed by atoms with Gasteiger partial charge in [0.25, 0.3) is 0 Å². The minimum atomic E-state index is -3.43. The Morgan fingerprint density at radius 3 is 1.95 bits per heavy atom. The van der Waals surface area contributed by atoms with Gasteiger partial charge in [-0.1, -0.05) is 60.7 Å². The summed E-state index contributed by atoms with van der Waals surface area (Å²) in [6.45, 7) is 1.43. The van der Waals surface area contributed by atoms with E-state index in [1.54, 1.807) is 54.6 Å². The van der Waals surface area contributed by atoms with Crippen molar-refractivity contribution < 1.29 is 13.6 Å². The highest BCUT2D eigenvalue weighted by atomic mass is 19.3. The lowest BCUT2D eigenvalue weighted by molar-refractivity contribution is -0.139. The molecule has 0 N–H and O–H groups in total. The van der Waals surface area contributed by atoms with Crippen LogP contribution in [-0.4, -0.2) is 12.2 Å². The number of aldehydes is 1. The van der Waals surface area contributed by atoms with E-state index in [4.69, 9.17) is 0 Å². The monoisotopic (exact) mass is 274 g/mol. The molecule has 0 heterocycles. The van der Waals surface area contributed by atoms with Crippen LogP contribution in [0.3, 0.4) is 0 Å². The van der Waals surface area contributed by atoms with Crippen molar-refractivity contribution in [3.8, 4) is 0 Å². The highest BCUT2D eigenvalue weighted by molar-refractivity contribution is 5.64. The van der Waals surface area contributed by atoms with Gasteiger partial charge in [-0.3, -0.25) is 4.79 Å². The van der Waals surface area contributed by atoms with E-state index in [2.05, 4.69) is 0 Å². The summed E-state index contributed by atoms with van der Waals surface area (Å²) in [6.07, 6.45) is -0.146. The molecule has 0 saturated heterocycles. The van der Waals surface area contributed by atoms with Crippen LogP contribution in [0.2, 0.25) is 0 Å². The van der Waals surface area contributed by atoms with Gasteiger partial charge in [0.05, 0.1) is 5.41 Å². The number of hydrogen-bond acceptors (Lipinski definition) is 1. The van der Waals surface area contributed by atoms with Crippen LogP contribution in [0, 0.1) is 0 Å². The lowest BCUT2D eigenvalue weighted by Crippen LogP contribution is -2.46. The van der Waals surface area contributed by atoms with E-state index in [1.165, 1.54) is 6.92 Å². The maximum absolute atomic E-state index is 14.2. The van der Waals surface area contributed by atoms with Crippen molar-refractivity contribution in [2.24, 2.45) is 0 Å². The fraction of sp³-hybridized carbons (Fsp3) is 0.235. The molecular weight excluding hydrogens is 258 g/mol. The molecule has 1 atom stereocenters. The summed E-state index contributed by atoms with van der Waals surface area (Å²) in [6, 6.07) is 17.5. The highest BCUT2D eigenvalue weighted by Gasteiger charge is 2.51. The second kappa shape index (κ2) is 5.53. The summed E-state index contributed by atoms with van der Waals surface area (Å²) in [4.78, 5) is 10.9. The largest absolute Gasteiger partial charge is 0.311 e. The van der Waals surface area contributed by atoms with Gasteiger partial charge in [-0.2, -0.15) is 8.78 Å². The molecule has 104 valence electrons. The Kier molecular flexibility index (Phi) is 3.98. The molecule has 2 aromatic rings. The standard InChI is InChI=1S/C17H16F2O/c1-16(17(18,19)13-20,15-10-6-3-7-11-15)12-14-8-4-2-5-9-14/h2-11,13H,12H2,1H3. The third-order valence-corrected chi connectivity index (χ3v) is 3.70. The number of rotatable bonds is 5. The van der Waals surface area contributed by atoms with Gasteiger partial charge in [0.15, 0.2) is 6.29 Å². The molecule has 0 aromatic heterocycles. The topological polar surface area (TPSA) is 17.1 Å². The van der Waals surface area contributed by atoms with E-state index in [1.807, 2.05) is 6.07 Å². The predicted molar refractivity (Wildman–Crippen MR) is 75.0 cm³/mol. The smallest absolute Gasteiger partial charge is 0.297 e. The summed E-state index contributed by atoms with van der Waals surface area (Å²) >= 11 is 0. The van der Waals surface area contributed by atoms with Crippen LogP contribution in [0.15, 0.2) is 60.7 Å². The Morgan fingerprint density at radius 1 is 0.950 bits per heavy atom. The van der Waals surface area contributed by atoms with Crippen molar-refractivity contribution in [2.45, 2.75) is 24.7 Å². The molecular formula is C17H16F2O. The number of carbonyl (C=O) groups excluding carboxylic acids is 1. The van der Waals surface area contributed by atoms with Crippen molar-refractivity contribution in [3.63, 3.8) is 0 Å². The van der Waals surface area contributed by atoms with Gasteiger partial charge in [0.2, 0.25) is 0 Å². The zero-order valence-corrected chi connectivity index (χ0v) is 11.2. The predicted octanol–water partition coefficient (Wildman–Crippen LogP) is 4.02. The molecule has 0 aliphatic rings. The van der Waals surface area contributed by atoms with Crippen LogP contribution in [0.4, 0.5) is 8.78 Å².